The van der Waals surface area contributed by atoms with E-state index < -0.39 is 10.0 Å². The first kappa shape index (κ1) is 15.6. The second-order valence-corrected chi connectivity index (χ2v) is 5.59. The maximum Gasteiger partial charge on any atom is 0.243 e. The standard InChI is InChI=1S/C10H18N4O4S/c1-8-9(7-12-14-8)19(16,17)13-4-3-10(15)11-5-6-18-2/h7,13H,3-6H2,1-2H3,(H,11,15)(H,12,14). The maximum absolute atomic E-state index is 11.8. The van der Waals surface area contributed by atoms with Gasteiger partial charge < -0.3 is 10.1 Å². The molecule has 9 heteroatoms. The molecule has 1 aromatic heterocycles. The van der Waals surface area contributed by atoms with Gasteiger partial charge >= 0.3 is 0 Å². The van der Waals surface area contributed by atoms with Crippen LogP contribution in [0.15, 0.2) is 11.1 Å². The summed E-state index contributed by atoms with van der Waals surface area (Å²) in [7, 11) is -2.08. The van der Waals surface area contributed by atoms with E-state index in [0.29, 0.717) is 18.8 Å². The number of amides is 1. The van der Waals surface area contributed by atoms with Gasteiger partial charge in [-0.15, -0.1) is 0 Å². The van der Waals surface area contributed by atoms with Crippen LogP contribution >= 0.6 is 0 Å². The summed E-state index contributed by atoms with van der Waals surface area (Å²) in [6.45, 7) is 2.47. The monoisotopic (exact) mass is 290 g/mol. The molecule has 8 nitrogen and oxygen atoms in total. The number of aromatic amines is 1. The van der Waals surface area contributed by atoms with Crippen molar-refractivity contribution in [3.05, 3.63) is 11.9 Å². The van der Waals surface area contributed by atoms with Gasteiger partial charge in [0.15, 0.2) is 0 Å². The maximum atomic E-state index is 11.8. The Labute approximate surface area is 112 Å². The molecule has 0 unspecified atom stereocenters. The molecular formula is C10H18N4O4S. The van der Waals surface area contributed by atoms with Gasteiger partial charge in [-0.1, -0.05) is 0 Å². The van der Waals surface area contributed by atoms with Crippen molar-refractivity contribution in [1.82, 2.24) is 20.2 Å². The van der Waals surface area contributed by atoms with Crippen LogP contribution < -0.4 is 10.0 Å². The number of aryl methyl sites for hydroxylation is 1. The first-order valence-electron chi connectivity index (χ1n) is 5.72. The van der Waals surface area contributed by atoms with Gasteiger partial charge in [0.2, 0.25) is 15.9 Å². The molecular weight excluding hydrogens is 272 g/mol. The Balaban J connectivity index is 2.37. The van der Waals surface area contributed by atoms with Gasteiger partial charge in [-0.25, -0.2) is 13.1 Å². The van der Waals surface area contributed by atoms with Crippen molar-refractivity contribution in [3.63, 3.8) is 0 Å². The highest BCUT2D eigenvalue weighted by Crippen LogP contribution is 2.10. The number of rotatable bonds is 8. The molecule has 0 aliphatic carbocycles. The summed E-state index contributed by atoms with van der Waals surface area (Å²) in [5.74, 6) is -0.233. The van der Waals surface area contributed by atoms with E-state index in [2.05, 4.69) is 20.2 Å². The summed E-state index contributed by atoms with van der Waals surface area (Å²) < 4.78 is 30.8. The van der Waals surface area contributed by atoms with Crippen LogP contribution in [0.5, 0.6) is 0 Å². The molecule has 1 rings (SSSR count). The van der Waals surface area contributed by atoms with Crippen molar-refractivity contribution < 1.29 is 17.9 Å². The molecule has 19 heavy (non-hydrogen) atoms. The summed E-state index contributed by atoms with van der Waals surface area (Å²) in [6.07, 6.45) is 1.30. The molecule has 0 saturated heterocycles. The number of hydrogen-bond donors (Lipinski definition) is 3. The fourth-order valence-corrected chi connectivity index (χ4v) is 2.53. The third-order valence-electron chi connectivity index (χ3n) is 2.35. The number of carbonyl (C=O) groups is 1. The molecule has 108 valence electrons. The number of methoxy groups -OCH3 is 1. The van der Waals surface area contributed by atoms with E-state index in [1.807, 2.05) is 0 Å². The largest absolute Gasteiger partial charge is 0.383 e. The molecule has 0 aliphatic rings. The Hall–Kier alpha value is -1.45. The Bertz CT molecular complexity index is 511. The summed E-state index contributed by atoms with van der Waals surface area (Å²) in [5.41, 5.74) is 0.456. The van der Waals surface area contributed by atoms with Gasteiger partial charge in [0.05, 0.1) is 18.5 Å². The lowest BCUT2D eigenvalue weighted by atomic mass is 10.4. The molecule has 0 bridgehead atoms. The minimum atomic E-state index is -3.62. The molecule has 0 fully saturated rings. The molecule has 1 heterocycles. The Morgan fingerprint density at radius 2 is 2.21 bits per heavy atom. The van der Waals surface area contributed by atoms with Crippen molar-refractivity contribution in [1.29, 1.82) is 0 Å². The van der Waals surface area contributed by atoms with Crippen molar-refractivity contribution in [3.8, 4) is 0 Å². The van der Waals surface area contributed by atoms with E-state index in [9.17, 15) is 13.2 Å². The van der Waals surface area contributed by atoms with Crippen LogP contribution in [0.3, 0.4) is 0 Å². The fourth-order valence-electron chi connectivity index (χ4n) is 1.37. The first-order valence-corrected chi connectivity index (χ1v) is 7.21. The Morgan fingerprint density at radius 3 is 2.79 bits per heavy atom. The molecule has 0 saturated carbocycles. The first-order chi connectivity index (χ1) is 8.97. The highest BCUT2D eigenvalue weighted by molar-refractivity contribution is 7.89. The molecule has 1 aromatic rings. The molecule has 0 spiro atoms. The third-order valence-corrected chi connectivity index (χ3v) is 3.92. The zero-order valence-corrected chi connectivity index (χ0v) is 11.7. The molecule has 0 aliphatic heterocycles. The second kappa shape index (κ2) is 7.22. The van der Waals surface area contributed by atoms with E-state index in [0.717, 1.165) is 0 Å². The van der Waals surface area contributed by atoms with Crippen molar-refractivity contribution >= 4 is 15.9 Å². The number of aromatic nitrogens is 2. The van der Waals surface area contributed by atoms with Gasteiger partial charge in [0, 0.05) is 26.6 Å². The van der Waals surface area contributed by atoms with Crippen LogP contribution in [0.2, 0.25) is 0 Å². The SMILES string of the molecule is COCCNC(=O)CCNS(=O)(=O)c1cn[nH]c1C. The minimum absolute atomic E-state index is 0.0335. The predicted octanol–water partition coefficient (Wildman–Crippen LogP) is -0.851. The van der Waals surface area contributed by atoms with Crippen molar-refractivity contribution in [2.75, 3.05) is 26.8 Å². The minimum Gasteiger partial charge on any atom is -0.383 e. The van der Waals surface area contributed by atoms with E-state index >= 15 is 0 Å². The normalized spacial score (nSPS) is 11.5. The zero-order chi connectivity index (χ0) is 14.3. The fraction of sp³-hybridized carbons (Fsp3) is 0.600. The average Bonchev–Trinajstić information content (AvgIpc) is 2.76. The number of hydrogen-bond acceptors (Lipinski definition) is 5. The quantitative estimate of drug-likeness (QED) is 0.540. The molecule has 1 amide bonds. The summed E-state index contributed by atoms with van der Waals surface area (Å²) in [6, 6.07) is 0. The van der Waals surface area contributed by atoms with Crippen molar-refractivity contribution in [2.45, 2.75) is 18.2 Å². The van der Waals surface area contributed by atoms with Crippen LogP contribution in [0.4, 0.5) is 0 Å². The second-order valence-electron chi connectivity index (χ2n) is 3.85. The summed E-state index contributed by atoms with van der Waals surface area (Å²) in [4.78, 5) is 11.4. The van der Waals surface area contributed by atoms with Crippen LogP contribution in [-0.4, -0.2) is 51.3 Å². The smallest absolute Gasteiger partial charge is 0.243 e. The molecule has 0 atom stereocenters. The number of nitrogens with zero attached hydrogens (tertiary/aromatic N) is 1. The number of ether oxygens (including phenoxy) is 1. The van der Waals surface area contributed by atoms with Crippen LogP contribution in [-0.2, 0) is 19.6 Å². The van der Waals surface area contributed by atoms with Crippen LogP contribution in [0, 0.1) is 6.92 Å². The van der Waals surface area contributed by atoms with Gasteiger partial charge in [-0.2, -0.15) is 5.10 Å². The lowest BCUT2D eigenvalue weighted by molar-refractivity contribution is -0.121. The molecule has 0 aromatic carbocycles. The van der Waals surface area contributed by atoms with E-state index in [-0.39, 0.29) is 23.8 Å². The lowest BCUT2D eigenvalue weighted by Gasteiger charge is -2.06. The van der Waals surface area contributed by atoms with Gasteiger partial charge in [0.25, 0.3) is 0 Å². The summed E-state index contributed by atoms with van der Waals surface area (Å²) in [5, 5.41) is 8.79. The zero-order valence-electron chi connectivity index (χ0n) is 10.9. The Kier molecular flexibility index (Phi) is 5.93. The van der Waals surface area contributed by atoms with E-state index in [4.69, 9.17) is 4.74 Å². The highest BCUT2D eigenvalue weighted by Gasteiger charge is 2.18. The molecule has 3 N–H and O–H groups in total. The van der Waals surface area contributed by atoms with E-state index in [1.54, 1.807) is 6.92 Å². The molecule has 0 radical (unpaired) electrons. The predicted molar refractivity (Wildman–Crippen MR) is 68.0 cm³/mol. The lowest BCUT2D eigenvalue weighted by Crippen LogP contribution is -2.32. The van der Waals surface area contributed by atoms with Crippen LogP contribution in [0.25, 0.3) is 0 Å². The van der Waals surface area contributed by atoms with Crippen LogP contribution in [0.1, 0.15) is 12.1 Å². The van der Waals surface area contributed by atoms with Gasteiger partial charge in [-0.05, 0) is 6.92 Å². The number of H-pyrrole nitrogens is 1. The Morgan fingerprint density at radius 1 is 1.47 bits per heavy atom. The van der Waals surface area contributed by atoms with E-state index in [1.165, 1.54) is 13.3 Å². The van der Waals surface area contributed by atoms with Gasteiger partial charge in [-0.3, -0.25) is 9.89 Å². The van der Waals surface area contributed by atoms with Gasteiger partial charge in [0.1, 0.15) is 4.90 Å². The number of sulfonamides is 1. The highest BCUT2D eigenvalue weighted by atomic mass is 32.2. The third kappa shape index (κ3) is 4.97. The average molecular weight is 290 g/mol. The number of carbonyl (C=O) groups excluding carboxylic acids is 1. The number of nitrogens with one attached hydrogen (secondary N) is 3. The topological polar surface area (TPSA) is 113 Å². The summed E-state index contributed by atoms with van der Waals surface area (Å²) >= 11 is 0. The van der Waals surface area contributed by atoms with Crippen molar-refractivity contribution in [2.24, 2.45) is 0 Å².